The number of fused-ring (bicyclic) bond motifs is 1. The summed E-state index contributed by atoms with van der Waals surface area (Å²) in [6.45, 7) is 0.572. The van der Waals surface area contributed by atoms with Crippen molar-refractivity contribution in [1.29, 1.82) is 0 Å². The van der Waals surface area contributed by atoms with Crippen molar-refractivity contribution in [3.63, 3.8) is 0 Å². The normalized spacial score (nSPS) is 18.3. The average Bonchev–Trinajstić information content (AvgIpc) is 2.58. The molecule has 1 aliphatic rings. The highest BCUT2D eigenvalue weighted by molar-refractivity contribution is 5.62. The van der Waals surface area contributed by atoms with E-state index >= 15 is 0 Å². The van der Waals surface area contributed by atoms with Crippen molar-refractivity contribution in [3.05, 3.63) is 11.6 Å². The van der Waals surface area contributed by atoms with E-state index in [9.17, 15) is 5.11 Å². The van der Waals surface area contributed by atoms with Gasteiger partial charge in [0.05, 0.1) is 39.6 Å². The van der Waals surface area contributed by atoms with Crippen LogP contribution < -0.4 is 18.9 Å². The number of aliphatic hydroxyl groups is 1. The molecule has 0 saturated heterocycles. The minimum Gasteiger partial charge on any atom is -0.493 e. The third-order valence-electron chi connectivity index (χ3n) is 3.04. The van der Waals surface area contributed by atoms with Gasteiger partial charge in [-0.1, -0.05) is 0 Å². The van der Waals surface area contributed by atoms with E-state index in [4.69, 9.17) is 18.9 Å². The number of hydrogen-bond acceptors (Lipinski definition) is 5. The van der Waals surface area contributed by atoms with Crippen molar-refractivity contribution in [2.24, 2.45) is 0 Å². The summed E-state index contributed by atoms with van der Waals surface area (Å²) in [6, 6.07) is 1.73. The van der Waals surface area contributed by atoms with Gasteiger partial charge in [-0.2, -0.15) is 0 Å². The highest BCUT2D eigenvalue weighted by Gasteiger charge is 2.28. The van der Waals surface area contributed by atoms with Crippen LogP contribution in [-0.2, 0) is 0 Å². The Hall–Kier alpha value is -1.62. The molecule has 5 nitrogen and oxygen atoms in total. The van der Waals surface area contributed by atoms with Crippen LogP contribution in [0.25, 0.3) is 0 Å². The van der Waals surface area contributed by atoms with Gasteiger partial charge in [0.1, 0.15) is 5.75 Å². The van der Waals surface area contributed by atoms with E-state index in [1.807, 2.05) is 0 Å². The second kappa shape index (κ2) is 5.35. The van der Waals surface area contributed by atoms with Crippen molar-refractivity contribution in [2.75, 3.05) is 27.9 Å². The fourth-order valence-corrected chi connectivity index (χ4v) is 2.19. The summed E-state index contributed by atoms with van der Waals surface area (Å²) in [5, 5.41) is 10.2. The Balaban J connectivity index is 2.64. The van der Waals surface area contributed by atoms with Crippen LogP contribution in [-0.4, -0.2) is 33.0 Å². The number of aliphatic hydroxyl groups excluding tert-OH is 1. The SMILES string of the molecule is COc1cc2c(c(OC)c1OC)[C@@H](O)CCCO2. The van der Waals surface area contributed by atoms with Crippen LogP contribution in [0.5, 0.6) is 23.0 Å². The van der Waals surface area contributed by atoms with E-state index in [1.54, 1.807) is 13.2 Å². The average molecular weight is 254 g/mol. The van der Waals surface area contributed by atoms with Crippen LogP contribution in [0.2, 0.25) is 0 Å². The molecule has 1 aromatic rings. The molecule has 0 unspecified atom stereocenters. The Kier molecular flexibility index (Phi) is 3.81. The molecule has 0 aliphatic carbocycles. The maximum atomic E-state index is 10.2. The second-order valence-electron chi connectivity index (χ2n) is 4.06. The number of ether oxygens (including phenoxy) is 4. The summed E-state index contributed by atoms with van der Waals surface area (Å²) < 4.78 is 21.5. The molecule has 100 valence electrons. The number of methoxy groups -OCH3 is 3. The van der Waals surface area contributed by atoms with Crippen molar-refractivity contribution >= 4 is 0 Å². The standard InChI is InChI=1S/C13H18O5/c1-15-10-7-9-11(8(14)5-4-6-18-9)13(17-3)12(10)16-2/h7-8,14H,4-6H2,1-3H3/t8-/m0/s1. The van der Waals surface area contributed by atoms with Crippen LogP contribution in [0.15, 0.2) is 6.07 Å². The molecule has 0 fully saturated rings. The summed E-state index contributed by atoms with van der Waals surface area (Å²) >= 11 is 0. The fourth-order valence-electron chi connectivity index (χ4n) is 2.19. The summed E-state index contributed by atoms with van der Waals surface area (Å²) in [4.78, 5) is 0. The maximum Gasteiger partial charge on any atom is 0.203 e. The molecule has 0 saturated carbocycles. The van der Waals surface area contributed by atoms with Crippen molar-refractivity contribution in [1.82, 2.24) is 0 Å². The molecule has 2 rings (SSSR count). The quantitative estimate of drug-likeness (QED) is 0.893. The van der Waals surface area contributed by atoms with Gasteiger partial charge in [-0.3, -0.25) is 0 Å². The molecule has 18 heavy (non-hydrogen) atoms. The maximum absolute atomic E-state index is 10.2. The fraction of sp³-hybridized carbons (Fsp3) is 0.538. The Morgan fingerprint density at radius 1 is 1.17 bits per heavy atom. The zero-order valence-corrected chi connectivity index (χ0v) is 10.9. The van der Waals surface area contributed by atoms with Gasteiger partial charge < -0.3 is 24.1 Å². The zero-order chi connectivity index (χ0) is 13.1. The van der Waals surface area contributed by atoms with Gasteiger partial charge in [-0.15, -0.1) is 0 Å². The van der Waals surface area contributed by atoms with Crippen LogP contribution in [0, 0.1) is 0 Å². The number of benzene rings is 1. The third kappa shape index (κ3) is 2.06. The first-order valence-corrected chi connectivity index (χ1v) is 5.86. The number of hydrogen-bond donors (Lipinski definition) is 1. The van der Waals surface area contributed by atoms with Crippen molar-refractivity contribution in [2.45, 2.75) is 18.9 Å². The minimum absolute atomic E-state index is 0.473. The van der Waals surface area contributed by atoms with Crippen LogP contribution >= 0.6 is 0 Å². The third-order valence-corrected chi connectivity index (χ3v) is 3.04. The molecule has 1 atom stereocenters. The Labute approximate surface area is 106 Å². The highest BCUT2D eigenvalue weighted by atomic mass is 16.5. The van der Waals surface area contributed by atoms with Gasteiger partial charge in [0.2, 0.25) is 5.75 Å². The highest BCUT2D eigenvalue weighted by Crippen LogP contribution is 2.49. The van der Waals surface area contributed by atoms with E-state index in [-0.39, 0.29) is 0 Å². The Morgan fingerprint density at radius 3 is 2.50 bits per heavy atom. The first-order valence-electron chi connectivity index (χ1n) is 5.86. The van der Waals surface area contributed by atoms with Crippen LogP contribution in [0.4, 0.5) is 0 Å². The lowest BCUT2D eigenvalue weighted by Crippen LogP contribution is -2.04. The predicted octanol–water partition coefficient (Wildman–Crippen LogP) is 1.92. The van der Waals surface area contributed by atoms with E-state index in [2.05, 4.69) is 0 Å². The lowest BCUT2D eigenvalue weighted by Gasteiger charge is -2.20. The van der Waals surface area contributed by atoms with Gasteiger partial charge in [0.25, 0.3) is 0 Å². The summed E-state index contributed by atoms with van der Waals surface area (Å²) in [7, 11) is 4.63. The molecule has 0 aromatic heterocycles. The molecule has 0 radical (unpaired) electrons. The van der Waals surface area contributed by atoms with Gasteiger partial charge >= 0.3 is 0 Å². The van der Waals surface area contributed by atoms with E-state index in [0.29, 0.717) is 41.6 Å². The molecule has 0 bridgehead atoms. The molecule has 0 amide bonds. The Morgan fingerprint density at radius 2 is 1.89 bits per heavy atom. The van der Waals surface area contributed by atoms with Crippen molar-refractivity contribution < 1.29 is 24.1 Å². The first kappa shape index (κ1) is 12.8. The Bertz CT molecular complexity index is 430. The van der Waals surface area contributed by atoms with Gasteiger partial charge in [-0.25, -0.2) is 0 Å². The van der Waals surface area contributed by atoms with Gasteiger partial charge in [-0.05, 0) is 12.8 Å². The van der Waals surface area contributed by atoms with Gasteiger partial charge in [0.15, 0.2) is 11.5 Å². The number of rotatable bonds is 3. The largest absolute Gasteiger partial charge is 0.493 e. The molecular formula is C13H18O5. The van der Waals surface area contributed by atoms with E-state index in [0.717, 1.165) is 6.42 Å². The molecule has 5 heteroatoms. The lowest BCUT2D eigenvalue weighted by molar-refractivity contribution is 0.162. The van der Waals surface area contributed by atoms with Crippen LogP contribution in [0.3, 0.4) is 0 Å². The molecule has 1 heterocycles. The van der Waals surface area contributed by atoms with Crippen LogP contribution in [0.1, 0.15) is 24.5 Å². The topological polar surface area (TPSA) is 57.2 Å². The second-order valence-corrected chi connectivity index (χ2v) is 4.06. The first-order chi connectivity index (χ1) is 8.72. The summed E-state index contributed by atoms with van der Waals surface area (Å²) in [5.74, 6) is 2.07. The van der Waals surface area contributed by atoms with E-state index < -0.39 is 6.10 Å². The molecular weight excluding hydrogens is 236 g/mol. The van der Waals surface area contributed by atoms with Gasteiger partial charge in [0, 0.05) is 6.07 Å². The molecule has 1 aromatic carbocycles. The summed E-state index contributed by atoms with van der Waals surface area (Å²) in [5.41, 5.74) is 0.632. The van der Waals surface area contributed by atoms with Crippen molar-refractivity contribution in [3.8, 4) is 23.0 Å². The van der Waals surface area contributed by atoms with E-state index in [1.165, 1.54) is 14.2 Å². The molecule has 1 aliphatic heterocycles. The molecule has 1 N–H and O–H groups in total. The smallest absolute Gasteiger partial charge is 0.203 e. The predicted molar refractivity (Wildman–Crippen MR) is 65.8 cm³/mol. The lowest BCUT2D eigenvalue weighted by atomic mass is 10.0. The summed E-state index contributed by atoms with van der Waals surface area (Å²) in [6.07, 6.45) is 0.819. The minimum atomic E-state index is -0.614. The molecule has 0 spiro atoms. The zero-order valence-electron chi connectivity index (χ0n) is 10.9. The monoisotopic (exact) mass is 254 g/mol.